The van der Waals surface area contributed by atoms with Crippen LogP contribution in [0.1, 0.15) is 31.7 Å². The van der Waals surface area contributed by atoms with E-state index in [1.54, 1.807) is 0 Å². The van der Waals surface area contributed by atoms with Crippen molar-refractivity contribution in [2.24, 2.45) is 0 Å². The predicted octanol–water partition coefficient (Wildman–Crippen LogP) is 3.55. The zero-order chi connectivity index (χ0) is 11.3. The topological polar surface area (TPSA) is 37.3 Å². The van der Waals surface area contributed by atoms with Crippen LogP contribution in [0.4, 0.5) is 0 Å². The van der Waals surface area contributed by atoms with E-state index in [1.165, 1.54) is 0 Å². The van der Waals surface area contributed by atoms with Crippen LogP contribution >= 0.6 is 15.9 Å². The molecule has 0 aliphatic rings. The van der Waals surface area contributed by atoms with Gasteiger partial charge in [-0.1, -0.05) is 66.0 Å². The number of carboxylic acids is 1. The lowest BCUT2D eigenvalue weighted by atomic mass is 9.93. The van der Waals surface area contributed by atoms with Gasteiger partial charge in [-0.2, -0.15) is 0 Å². The highest BCUT2D eigenvalue weighted by Crippen LogP contribution is 2.36. The van der Waals surface area contributed by atoms with Crippen LogP contribution in [0.15, 0.2) is 30.3 Å². The largest absolute Gasteiger partial charge is 0.480 e. The number of hydrogen-bond donors (Lipinski definition) is 1. The van der Waals surface area contributed by atoms with Crippen LogP contribution in [0.5, 0.6) is 0 Å². The van der Waals surface area contributed by atoms with Crippen LogP contribution in [0, 0.1) is 0 Å². The van der Waals surface area contributed by atoms with Crippen molar-refractivity contribution in [3.63, 3.8) is 0 Å². The third kappa shape index (κ3) is 2.81. The van der Waals surface area contributed by atoms with Gasteiger partial charge in [0.1, 0.15) is 4.32 Å². The molecule has 1 aromatic carbocycles. The highest BCUT2D eigenvalue weighted by molar-refractivity contribution is 9.10. The van der Waals surface area contributed by atoms with Gasteiger partial charge in [0.05, 0.1) is 0 Å². The molecule has 2 nitrogen and oxygen atoms in total. The molecule has 1 rings (SSSR count). The highest BCUT2D eigenvalue weighted by atomic mass is 79.9. The summed E-state index contributed by atoms with van der Waals surface area (Å²) < 4.78 is -0.926. The third-order valence-electron chi connectivity index (χ3n) is 2.45. The van der Waals surface area contributed by atoms with Crippen LogP contribution in [0.25, 0.3) is 0 Å². The van der Waals surface area contributed by atoms with E-state index in [0.717, 1.165) is 18.4 Å². The zero-order valence-corrected chi connectivity index (χ0v) is 10.3. The lowest BCUT2D eigenvalue weighted by Gasteiger charge is -2.22. The van der Waals surface area contributed by atoms with Gasteiger partial charge in [0, 0.05) is 0 Å². The van der Waals surface area contributed by atoms with E-state index in [2.05, 4.69) is 22.9 Å². The second kappa shape index (κ2) is 5.31. The molecule has 0 aliphatic carbocycles. The first-order chi connectivity index (χ1) is 7.11. The fraction of sp³-hybridized carbons (Fsp3) is 0.417. The van der Waals surface area contributed by atoms with Crippen molar-refractivity contribution >= 4 is 21.9 Å². The number of unbranched alkanes of at least 4 members (excludes halogenated alkanes) is 1. The van der Waals surface area contributed by atoms with Gasteiger partial charge in [-0.3, -0.25) is 4.79 Å². The van der Waals surface area contributed by atoms with Gasteiger partial charge in [0.15, 0.2) is 0 Å². The molecule has 0 saturated carbocycles. The van der Waals surface area contributed by atoms with Crippen molar-refractivity contribution in [1.82, 2.24) is 0 Å². The lowest BCUT2D eigenvalue weighted by molar-refractivity contribution is -0.140. The van der Waals surface area contributed by atoms with Crippen molar-refractivity contribution in [2.45, 2.75) is 30.5 Å². The van der Waals surface area contributed by atoms with E-state index in [1.807, 2.05) is 30.3 Å². The quantitative estimate of drug-likeness (QED) is 0.831. The SMILES string of the molecule is CCCCC(Br)(C(=O)O)c1ccccc1. The van der Waals surface area contributed by atoms with Crippen LogP contribution in [-0.2, 0) is 9.12 Å². The minimum absolute atomic E-state index is 0.614. The zero-order valence-electron chi connectivity index (χ0n) is 8.74. The molecule has 1 unspecified atom stereocenters. The molecular formula is C12H15BrO2. The maximum atomic E-state index is 11.3. The smallest absolute Gasteiger partial charge is 0.325 e. The van der Waals surface area contributed by atoms with Crippen LogP contribution in [-0.4, -0.2) is 11.1 Å². The molecule has 0 fully saturated rings. The molecule has 0 aliphatic heterocycles. The van der Waals surface area contributed by atoms with Gasteiger partial charge < -0.3 is 5.11 Å². The normalized spacial score (nSPS) is 14.5. The number of carboxylic acid groups (broad SMARTS) is 1. The Labute approximate surface area is 98.4 Å². The number of halogens is 1. The van der Waals surface area contributed by atoms with Crippen molar-refractivity contribution in [3.05, 3.63) is 35.9 Å². The summed E-state index contributed by atoms with van der Waals surface area (Å²) in [5, 5.41) is 9.27. The van der Waals surface area contributed by atoms with Gasteiger partial charge in [-0.25, -0.2) is 0 Å². The minimum Gasteiger partial charge on any atom is -0.480 e. The summed E-state index contributed by atoms with van der Waals surface area (Å²) >= 11 is 3.36. The van der Waals surface area contributed by atoms with E-state index in [4.69, 9.17) is 0 Å². The Morgan fingerprint density at radius 3 is 2.47 bits per heavy atom. The fourth-order valence-electron chi connectivity index (χ4n) is 1.50. The van der Waals surface area contributed by atoms with Crippen LogP contribution < -0.4 is 0 Å². The molecule has 1 atom stereocenters. The molecule has 1 aromatic rings. The van der Waals surface area contributed by atoms with E-state index in [9.17, 15) is 9.90 Å². The summed E-state index contributed by atoms with van der Waals surface area (Å²) in [5.41, 5.74) is 0.811. The summed E-state index contributed by atoms with van der Waals surface area (Å²) in [4.78, 5) is 11.3. The average molecular weight is 271 g/mol. The first kappa shape index (κ1) is 12.2. The molecule has 0 bridgehead atoms. The second-order valence-electron chi connectivity index (χ2n) is 3.58. The molecule has 15 heavy (non-hydrogen) atoms. The van der Waals surface area contributed by atoms with Crippen molar-refractivity contribution in [1.29, 1.82) is 0 Å². The van der Waals surface area contributed by atoms with E-state index >= 15 is 0 Å². The Hall–Kier alpha value is -0.830. The maximum Gasteiger partial charge on any atom is 0.325 e. The molecule has 0 amide bonds. The standard InChI is InChI=1S/C12H15BrO2/c1-2-3-9-12(13,11(14)15)10-7-5-4-6-8-10/h4-8H,2-3,9H2,1H3,(H,14,15). The second-order valence-corrected chi connectivity index (χ2v) is 4.93. The van der Waals surface area contributed by atoms with Gasteiger partial charge >= 0.3 is 5.97 Å². The number of alkyl halides is 1. The van der Waals surface area contributed by atoms with Crippen LogP contribution in [0.2, 0.25) is 0 Å². The van der Waals surface area contributed by atoms with Gasteiger partial charge in [0.2, 0.25) is 0 Å². The third-order valence-corrected chi connectivity index (χ3v) is 3.64. The Bertz CT molecular complexity index is 324. The average Bonchev–Trinajstić information content (AvgIpc) is 2.27. The number of aliphatic carboxylic acids is 1. The Morgan fingerprint density at radius 1 is 1.40 bits per heavy atom. The molecule has 82 valence electrons. The summed E-state index contributed by atoms with van der Waals surface area (Å²) in [6.45, 7) is 2.06. The minimum atomic E-state index is -0.926. The maximum absolute atomic E-state index is 11.3. The Morgan fingerprint density at radius 2 is 2.00 bits per heavy atom. The monoisotopic (exact) mass is 270 g/mol. The number of carbonyl (C=O) groups is 1. The molecule has 0 radical (unpaired) electrons. The first-order valence-electron chi connectivity index (χ1n) is 5.09. The predicted molar refractivity (Wildman–Crippen MR) is 64.2 cm³/mol. The molecule has 3 heteroatoms. The lowest BCUT2D eigenvalue weighted by Crippen LogP contribution is -2.28. The van der Waals surface area contributed by atoms with Gasteiger partial charge in [0.25, 0.3) is 0 Å². The fourth-order valence-corrected chi connectivity index (χ4v) is 2.04. The van der Waals surface area contributed by atoms with Crippen molar-refractivity contribution < 1.29 is 9.90 Å². The summed E-state index contributed by atoms with van der Waals surface area (Å²) in [6, 6.07) is 9.30. The van der Waals surface area contributed by atoms with Crippen molar-refractivity contribution in [3.8, 4) is 0 Å². The number of rotatable bonds is 5. The summed E-state index contributed by atoms with van der Waals surface area (Å²) in [7, 11) is 0. The number of hydrogen-bond acceptors (Lipinski definition) is 1. The van der Waals surface area contributed by atoms with E-state index in [-0.39, 0.29) is 0 Å². The van der Waals surface area contributed by atoms with E-state index < -0.39 is 10.3 Å². The molecule has 0 aromatic heterocycles. The molecule has 0 heterocycles. The number of benzene rings is 1. The van der Waals surface area contributed by atoms with Gasteiger partial charge in [-0.05, 0) is 12.0 Å². The van der Waals surface area contributed by atoms with Crippen molar-refractivity contribution in [2.75, 3.05) is 0 Å². The van der Waals surface area contributed by atoms with E-state index in [0.29, 0.717) is 6.42 Å². The molecule has 0 spiro atoms. The Balaban J connectivity index is 2.96. The molecule has 1 N–H and O–H groups in total. The summed E-state index contributed by atoms with van der Waals surface area (Å²) in [5.74, 6) is -0.817. The Kier molecular flexibility index (Phi) is 4.33. The van der Waals surface area contributed by atoms with Gasteiger partial charge in [-0.15, -0.1) is 0 Å². The van der Waals surface area contributed by atoms with Crippen LogP contribution in [0.3, 0.4) is 0 Å². The molecule has 0 saturated heterocycles. The molecular weight excluding hydrogens is 256 g/mol. The highest BCUT2D eigenvalue weighted by Gasteiger charge is 2.36. The summed E-state index contributed by atoms with van der Waals surface area (Å²) in [6.07, 6.45) is 2.50. The first-order valence-corrected chi connectivity index (χ1v) is 5.88.